The highest BCUT2D eigenvalue weighted by Crippen LogP contribution is 2.24. The van der Waals surface area contributed by atoms with E-state index < -0.39 is 5.60 Å². The van der Waals surface area contributed by atoms with Gasteiger partial charge in [-0.3, -0.25) is 0 Å². The summed E-state index contributed by atoms with van der Waals surface area (Å²) in [7, 11) is 0. The van der Waals surface area contributed by atoms with E-state index in [1.54, 1.807) is 11.3 Å². The second-order valence-electron chi connectivity index (χ2n) is 5.85. The number of hydrogen-bond acceptors (Lipinski definition) is 5. The number of nitrogens with one attached hydrogen (secondary N) is 1. The number of anilines is 1. The van der Waals surface area contributed by atoms with Crippen molar-refractivity contribution in [3.63, 3.8) is 0 Å². The van der Waals surface area contributed by atoms with Crippen LogP contribution in [0.5, 0.6) is 0 Å². The molecule has 0 unspecified atom stereocenters. The fraction of sp³-hybridized carbons (Fsp3) is 0.692. The predicted octanol–water partition coefficient (Wildman–Crippen LogP) is 2.55. The number of alkyl carbamates (subject to hydrolysis) is 1. The van der Waals surface area contributed by atoms with Gasteiger partial charge in [0.2, 0.25) is 0 Å². The van der Waals surface area contributed by atoms with Gasteiger partial charge in [-0.05, 0) is 34.1 Å². The van der Waals surface area contributed by atoms with Gasteiger partial charge >= 0.3 is 6.09 Å². The van der Waals surface area contributed by atoms with Crippen LogP contribution in [0.4, 0.5) is 9.93 Å². The summed E-state index contributed by atoms with van der Waals surface area (Å²) in [6, 6.07) is 0.138. The van der Waals surface area contributed by atoms with Crippen LogP contribution in [0.3, 0.4) is 0 Å². The lowest BCUT2D eigenvalue weighted by molar-refractivity contribution is 0.0509. The Morgan fingerprint density at radius 2 is 2.32 bits per heavy atom. The minimum absolute atomic E-state index is 0.138. The summed E-state index contributed by atoms with van der Waals surface area (Å²) >= 11 is 1.65. The van der Waals surface area contributed by atoms with Crippen LogP contribution in [0.25, 0.3) is 0 Å². The third kappa shape index (κ3) is 4.09. The molecule has 5 nitrogen and oxygen atoms in total. The second kappa shape index (κ2) is 5.36. The van der Waals surface area contributed by atoms with Crippen LogP contribution < -0.4 is 10.2 Å². The maximum Gasteiger partial charge on any atom is 0.407 e. The Bertz CT molecular complexity index is 453. The van der Waals surface area contributed by atoms with Gasteiger partial charge in [-0.15, -0.1) is 11.3 Å². The zero-order valence-corrected chi connectivity index (χ0v) is 12.7. The average molecular weight is 283 g/mol. The van der Waals surface area contributed by atoms with E-state index in [9.17, 15) is 4.79 Å². The van der Waals surface area contributed by atoms with Crippen LogP contribution in [0.2, 0.25) is 0 Å². The van der Waals surface area contributed by atoms with Gasteiger partial charge in [-0.1, -0.05) is 0 Å². The normalized spacial score (nSPS) is 19.6. The molecule has 19 heavy (non-hydrogen) atoms. The first-order valence-corrected chi connectivity index (χ1v) is 7.38. The number of aromatic nitrogens is 1. The number of thiazole rings is 1. The van der Waals surface area contributed by atoms with E-state index in [1.165, 1.54) is 0 Å². The lowest BCUT2D eigenvalue weighted by atomic mass is 10.2. The topological polar surface area (TPSA) is 54.5 Å². The van der Waals surface area contributed by atoms with Gasteiger partial charge in [0.15, 0.2) is 5.13 Å². The molecule has 0 saturated carbocycles. The van der Waals surface area contributed by atoms with Crippen LogP contribution in [0.15, 0.2) is 5.38 Å². The molecule has 1 amide bonds. The third-order valence-corrected chi connectivity index (χ3v) is 3.81. The lowest BCUT2D eigenvalue weighted by Crippen LogP contribution is -2.40. The summed E-state index contributed by atoms with van der Waals surface area (Å²) in [5.74, 6) is 0. The Morgan fingerprint density at radius 3 is 2.89 bits per heavy atom. The molecule has 1 aromatic heterocycles. The zero-order chi connectivity index (χ0) is 14.0. The highest BCUT2D eigenvalue weighted by molar-refractivity contribution is 7.13. The maximum absolute atomic E-state index is 11.7. The lowest BCUT2D eigenvalue weighted by Gasteiger charge is -2.22. The van der Waals surface area contributed by atoms with Crippen LogP contribution in [-0.4, -0.2) is 35.8 Å². The van der Waals surface area contributed by atoms with Crippen molar-refractivity contribution in [1.29, 1.82) is 0 Å². The Kier molecular flexibility index (Phi) is 3.99. The molecule has 106 valence electrons. The molecular formula is C13H21N3O2S. The predicted molar refractivity (Wildman–Crippen MR) is 76.8 cm³/mol. The fourth-order valence-electron chi connectivity index (χ4n) is 2.01. The van der Waals surface area contributed by atoms with Crippen LogP contribution in [-0.2, 0) is 4.74 Å². The smallest absolute Gasteiger partial charge is 0.407 e. The molecule has 1 aliphatic heterocycles. The first-order chi connectivity index (χ1) is 8.83. The number of ether oxygens (including phenoxy) is 1. The molecule has 6 heteroatoms. The number of carbonyl (C=O) groups excluding carboxylic acids is 1. The summed E-state index contributed by atoms with van der Waals surface area (Å²) in [6.07, 6.45) is 0.590. The monoisotopic (exact) mass is 283 g/mol. The maximum atomic E-state index is 11.7. The Hall–Kier alpha value is -1.30. The van der Waals surface area contributed by atoms with Gasteiger partial charge in [-0.2, -0.15) is 0 Å². The summed E-state index contributed by atoms with van der Waals surface area (Å²) in [5.41, 5.74) is 0.595. The minimum atomic E-state index is -0.450. The van der Waals surface area contributed by atoms with Gasteiger partial charge in [0, 0.05) is 18.5 Å². The summed E-state index contributed by atoms with van der Waals surface area (Å²) in [6.45, 7) is 9.32. The number of aryl methyl sites for hydroxylation is 1. The summed E-state index contributed by atoms with van der Waals surface area (Å²) in [5, 5.41) is 5.99. The number of amides is 1. The Balaban J connectivity index is 1.84. The molecule has 1 N–H and O–H groups in total. The molecule has 0 spiro atoms. The number of hydrogen-bond donors (Lipinski definition) is 1. The number of nitrogens with zero attached hydrogens (tertiary/aromatic N) is 2. The highest BCUT2D eigenvalue weighted by atomic mass is 32.1. The first-order valence-electron chi connectivity index (χ1n) is 6.50. The van der Waals surface area contributed by atoms with Crippen LogP contribution >= 0.6 is 11.3 Å². The van der Waals surface area contributed by atoms with E-state index in [-0.39, 0.29) is 12.1 Å². The van der Waals surface area contributed by atoms with Crippen molar-refractivity contribution in [2.24, 2.45) is 0 Å². The van der Waals surface area contributed by atoms with Gasteiger partial charge in [-0.25, -0.2) is 9.78 Å². The first kappa shape index (κ1) is 14.1. The van der Waals surface area contributed by atoms with Crippen molar-refractivity contribution in [3.05, 3.63) is 11.1 Å². The van der Waals surface area contributed by atoms with Crippen molar-refractivity contribution < 1.29 is 9.53 Å². The molecule has 1 saturated heterocycles. The standard InChI is InChI=1S/C13H21N3O2S/c1-9-8-19-11(14-9)16-6-5-10(7-16)15-12(17)18-13(2,3)4/h8,10H,5-7H2,1-4H3,(H,15,17)/t10-/m1/s1. The zero-order valence-electron chi connectivity index (χ0n) is 11.9. The average Bonchev–Trinajstić information content (AvgIpc) is 2.83. The number of carbonyl (C=O) groups is 1. The van der Waals surface area contributed by atoms with Gasteiger partial charge in [0.1, 0.15) is 5.60 Å². The fourth-order valence-corrected chi connectivity index (χ4v) is 2.85. The van der Waals surface area contributed by atoms with E-state index in [0.717, 1.165) is 30.3 Å². The van der Waals surface area contributed by atoms with Crippen LogP contribution in [0.1, 0.15) is 32.9 Å². The van der Waals surface area contributed by atoms with Gasteiger partial charge < -0.3 is 15.0 Å². The van der Waals surface area contributed by atoms with E-state index in [0.29, 0.717) is 0 Å². The largest absolute Gasteiger partial charge is 0.444 e. The molecule has 1 atom stereocenters. The summed E-state index contributed by atoms with van der Waals surface area (Å²) < 4.78 is 5.26. The molecular weight excluding hydrogens is 262 g/mol. The molecule has 2 heterocycles. The number of rotatable bonds is 2. The molecule has 0 aromatic carbocycles. The Labute approximate surface area is 118 Å². The quantitative estimate of drug-likeness (QED) is 0.906. The summed E-state index contributed by atoms with van der Waals surface area (Å²) in [4.78, 5) is 18.4. The SMILES string of the molecule is Cc1csc(N2CC[C@@H](NC(=O)OC(C)(C)C)C2)n1. The molecule has 0 aliphatic carbocycles. The molecule has 2 rings (SSSR count). The third-order valence-electron chi connectivity index (χ3n) is 2.79. The van der Waals surface area contributed by atoms with Gasteiger partial charge in [0.05, 0.1) is 11.7 Å². The van der Waals surface area contributed by atoms with E-state index >= 15 is 0 Å². The second-order valence-corrected chi connectivity index (χ2v) is 6.69. The van der Waals surface area contributed by atoms with Crippen LogP contribution in [0, 0.1) is 6.92 Å². The van der Waals surface area contributed by atoms with Crippen molar-refractivity contribution in [2.45, 2.75) is 45.8 Å². The van der Waals surface area contributed by atoms with Crippen molar-refractivity contribution in [2.75, 3.05) is 18.0 Å². The van der Waals surface area contributed by atoms with Crippen molar-refractivity contribution >= 4 is 22.6 Å². The van der Waals surface area contributed by atoms with E-state index in [4.69, 9.17) is 4.74 Å². The molecule has 1 aromatic rings. The van der Waals surface area contributed by atoms with Crippen molar-refractivity contribution in [3.8, 4) is 0 Å². The van der Waals surface area contributed by atoms with E-state index in [2.05, 4.69) is 15.2 Å². The molecule has 0 bridgehead atoms. The highest BCUT2D eigenvalue weighted by Gasteiger charge is 2.27. The minimum Gasteiger partial charge on any atom is -0.444 e. The van der Waals surface area contributed by atoms with Gasteiger partial charge in [0.25, 0.3) is 0 Å². The van der Waals surface area contributed by atoms with E-state index in [1.807, 2.05) is 33.1 Å². The van der Waals surface area contributed by atoms with Crippen molar-refractivity contribution in [1.82, 2.24) is 10.3 Å². The molecule has 1 aliphatic rings. The molecule has 1 fully saturated rings. The Morgan fingerprint density at radius 1 is 1.58 bits per heavy atom. The molecule has 0 radical (unpaired) electrons.